The molecule has 0 unspecified atom stereocenters. The molecule has 7 heteroatoms. The van der Waals surface area contributed by atoms with E-state index in [-0.39, 0.29) is 30.0 Å². The molecule has 6 nitrogen and oxygen atoms in total. The van der Waals surface area contributed by atoms with Crippen LogP contribution in [0.5, 0.6) is 5.75 Å². The first-order valence-corrected chi connectivity index (χ1v) is 11.6. The molecule has 0 saturated carbocycles. The molecule has 1 fully saturated rings. The maximum Gasteiger partial charge on any atom is 0.254 e. The average Bonchev–Trinajstić information content (AvgIpc) is 3.32. The van der Waals surface area contributed by atoms with Gasteiger partial charge in [0.25, 0.3) is 5.91 Å². The minimum absolute atomic E-state index is 0.00191. The number of furan rings is 1. The molecule has 152 valence electrons. The van der Waals surface area contributed by atoms with E-state index in [2.05, 4.69) is 6.92 Å². The number of ether oxygens (including phenoxy) is 1. The third kappa shape index (κ3) is 5.38. The molecule has 3 rings (SSSR count). The molecular formula is C21H27NO5S. The molecule has 0 N–H and O–H groups in total. The number of nitrogens with zero attached hydrogens (tertiary/aromatic N) is 1. The summed E-state index contributed by atoms with van der Waals surface area (Å²) in [7, 11) is -3.10. The van der Waals surface area contributed by atoms with Crippen molar-refractivity contribution in [2.75, 3.05) is 18.1 Å². The van der Waals surface area contributed by atoms with Crippen LogP contribution in [-0.2, 0) is 16.4 Å². The standard InChI is InChI=1S/C21H27NO5S/c1-2-3-4-12-26-19-9-7-17(8-10-19)21(23)22(15-20-6-5-13-27-20)18-11-14-28(24,25)16-18/h5-10,13,18H,2-4,11-12,14-16H2,1H3/t18-/m0/s1. The molecule has 1 saturated heterocycles. The molecule has 0 bridgehead atoms. The molecule has 2 aromatic rings. The topological polar surface area (TPSA) is 76.8 Å². The first kappa shape index (κ1) is 20.5. The van der Waals surface area contributed by atoms with Crippen molar-refractivity contribution >= 4 is 15.7 Å². The molecule has 0 radical (unpaired) electrons. The fraction of sp³-hybridized carbons (Fsp3) is 0.476. The summed E-state index contributed by atoms with van der Waals surface area (Å²) in [6.07, 6.45) is 5.27. The zero-order valence-corrected chi connectivity index (χ0v) is 17.0. The van der Waals surface area contributed by atoms with Gasteiger partial charge < -0.3 is 14.1 Å². The molecule has 1 atom stereocenters. The van der Waals surface area contributed by atoms with Gasteiger partial charge in [-0.3, -0.25) is 4.79 Å². The Labute approximate surface area is 166 Å². The Balaban J connectivity index is 1.71. The zero-order chi connectivity index (χ0) is 20.0. The SMILES string of the molecule is CCCCCOc1ccc(C(=O)N(Cc2ccco2)[C@H]2CCS(=O)(=O)C2)cc1. The lowest BCUT2D eigenvalue weighted by atomic mass is 10.1. The number of carbonyl (C=O) groups excluding carboxylic acids is 1. The molecule has 1 aliphatic rings. The first-order valence-electron chi connectivity index (χ1n) is 9.75. The van der Waals surface area contributed by atoms with Crippen LogP contribution in [0.1, 0.15) is 48.7 Å². The Kier molecular flexibility index (Phi) is 6.78. The maximum atomic E-state index is 13.1. The fourth-order valence-corrected chi connectivity index (χ4v) is 5.09. The van der Waals surface area contributed by atoms with Gasteiger partial charge in [0, 0.05) is 11.6 Å². The van der Waals surface area contributed by atoms with E-state index in [1.54, 1.807) is 47.6 Å². The van der Waals surface area contributed by atoms with E-state index >= 15 is 0 Å². The van der Waals surface area contributed by atoms with Crippen molar-refractivity contribution in [2.45, 2.75) is 45.2 Å². The Morgan fingerprint density at radius 3 is 2.61 bits per heavy atom. The molecule has 1 aromatic heterocycles. The van der Waals surface area contributed by atoms with E-state index in [4.69, 9.17) is 9.15 Å². The Hall–Kier alpha value is -2.28. The van der Waals surface area contributed by atoms with Crippen LogP contribution in [0, 0.1) is 0 Å². The lowest BCUT2D eigenvalue weighted by Gasteiger charge is -2.27. The van der Waals surface area contributed by atoms with E-state index in [9.17, 15) is 13.2 Å². The van der Waals surface area contributed by atoms with E-state index in [1.165, 1.54) is 0 Å². The molecule has 0 spiro atoms. The van der Waals surface area contributed by atoms with Crippen molar-refractivity contribution < 1.29 is 22.4 Å². The van der Waals surface area contributed by atoms with Crippen molar-refractivity contribution in [3.05, 3.63) is 54.0 Å². The van der Waals surface area contributed by atoms with Gasteiger partial charge in [-0.15, -0.1) is 0 Å². The predicted molar refractivity (Wildman–Crippen MR) is 107 cm³/mol. The summed E-state index contributed by atoms with van der Waals surface area (Å²) in [5.41, 5.74) is 0.511. The van der Waals surface area contributed by atoms with Gasteiger partial charge in [0.15, 0.2) is 9.84 Å². The quantitative estimate of drug-likeness (QED) is 0.595. The van der Waals surface area contributed by atoms with Crippen LogP contribution in [-0.4, -0.2) is 43.4 Å². The van der Waals surface area contributed by atoms with Crippen molar-refractivity contribution in [1.82, 2.24) is 4.90 Å². The number of hydrogen-bond donors (Lipinski definition) is 0. The summed E-state index contributed by atoms with van der Waals surface area (Å²) in [4.78, 5) is 14.7. The zero-order valence-electron chi connectivity index (χ0n) is 16.2. The first-order chi connectivity index (χ1) is 13.5. The highest BCUT2D eigenvalue weighted by Gasteiger charge is 2.35. The van der Waals surface area contributed by atoms with Crippen molar-refractivity contribution in [1.29, 1.82) is 0 Å². The van der Waals surface area contributed by atoms with E-state index in [0.717, 1.165) is 25.0 Å². The van der Waals surface area contributed by atoms with Crippen LogP contribution >= 0.6 is 0 Å². The second-order valence-corrected chi connectivity index (χ2v) is 9.38. The summed E-state index contributed by atoms with van der Waals surface area (Å²) in [5.74, 6) is 1.28. The van der Waals surface area contributed by atoms with Crippen LogP contribution in [0.4, 0.5) is 0 Å². The molecular weight excluding hydrogens is 378 g/mol. The number of benzene rings is 1. The van der Waals surface area contributed by atoms with Crippen molar-refractivity contribution in [3.8, 4) is 5.75 Å². The Morgan fingerprint density at radius 1 is 1.21 bits per heavy atom. The molecule has 2 heterocycles. The third-order valence-corrected chi connectivity index (χ3v) is 6.68. The minimum atomic E-state index is -3.10. The molecule has 1 amide bonds. The number of carbonyl (C=O) groups is 1. The number of hydrogen-bond acceptors (Lipinski definition) is 5. The van der Waals surface area contributed by atoms with Crippen LogP contribution in [0.15, 0.2) is 47.1 Å². The highest BCUT2D eigenvalue weighted by Crippen LogP contribution is 2.23. The van der Waals surface area contributed by atoms with E-state index in [0.29, 0.717) is 24.4 Å². The normalized spacial score (nSPS) is 18.1. The van der Waals surface area contributed by atoms with Crippen molar-refractivity contribution in [3.63, 3.8) is 0 Å². The fourth-order valence-electron chi connectivity index (χ4n) is 3.36. The maximum absolute atomic E-state index is 13.1. The van der Waals surface area contributed by atoms with Crippen LogP contribution < -0.4 is 4.74 Å². The van der Waals surface area contributed by atoms with Crippen molar-refractivity contribution in [2.24, 2.45) is 0 Å². The molecule has 1 aliphatic heterocycles. The summed E-state index contributed by atoms with van der Waals surface area (Å²) < 4.78 is 34.9. The van der Waals surface area contributed by atoms with Gasteiger partial charge in [0.1, 0.15) is 11.5 Å². The van der Waals surface area contributed by atoms with Gasteiger partial charge >= 0.3 is 0 Å². The van der Waals surface area contributed by atoms with Gasteiger partial charge in [-0.05, 0) is 49.2 Å². The predicted octanol–water partition coefficient (Wildman–Crippen LogP) is 3.68. The summed E-state index contributed by atoms with van der Waals surface area (Å²) >= 11 is 0. The van der Waals surface area contributed by atoms with E-state index < -0.39 is 9.84 Å². The Morgan fingerprint density at radius 2 is 2.00 bits per heavy atom. The summed E-state index contributed by atoms with van der Waals surface area (Å²) in [6.45, 7) is 3.05. The van der Waals surface area contributed by atoms with Gasteiger partial charge in [0.05, 0.1) is 30.9 Å². The lowest BCUT2D eigenvalue weighted by Crippen LogP contribution is -2.40. The average molecular weight is 406 g/mol. The third-order valence-electron chi connectivity index (χ3n) is 4.93. The Bertz CT molecular complexity index is 859. The van der Waals surface area contributed by atoms with Crippen LogP contribution in [0.2, 0.25) is 0 Å². The molecule has 0 aliphatic carbocycles. The van der Waals surface area contributed by atoms with Gasteiger partial charge in [-0.1, -0.05) is 19.8 Å². The summed E-state index contributed by atoms with van der Waals surface area (Å²) in [5, 5.41) is 0. The van der Waals surface area contributed by atoms with Gasteiger partial charge in [-0.2, -0.15) is 0 Å². The molecule has 28 heavy (non-hydrogen) atoms. The minimum Gasteiger partial charge on any atom is -0.494 e. The highest BCUT2D eigenvalue weighted by atomic mass is 32.2. The second-order valence-electron chi connectivity index (χ2n) is 7.15. The number of unbranched alkanes of at least 4 members (excludes halogenated alkanes) is 2. The van der Waals surface area contributed by atoms with Crippen LogP contribution in [0.25, 0.3) is 0 Å². The van der Waals surface area contributed by atoms with Crippen LogP contribution in [0.3, 0.4) is 0 Å². The van der Waals surface area contributed by atoms with E-state index in [1.807, 2.05) is 0 Å². The van der Waals surface area contributed by atoms with Gasteiger partial charge in [0.2, 0.25) is 0 Å². The highest BCUT2D eigenvalue weighted by molar-refractivity contribution is 7.91. The number of rotatable bonds is 9. The number of amides is 1. The van der Waals surface area contributed by atoms with Gasteiger partial charge in [-0.25, -0.2) is 8.42 Å². The smallest absolute Gasteiger partial charge is 0.254 e. The number of sulfone groups is 1. The largest absolute Gasteiger partial charge is 0.494 e. The second kappa shape index (κ2) is 9.28. The monoisotopic (exact) mass is 405 g/mol. The molecule has 1 aromatic carbocycles. The summed E-state index contributed by atoms with van der Waals surface area (Å²) in [6, 6.07) is 10.2. The lowest BCUT2D eigenvalue weighted by molar-refractivity contribution is 0.0666.